The summed E-state index contributed by atoms with van der Waals surface area (Å²) in [5, 5.41) is 2.58. The van der Waals surface area contributed by atoms with Gasteiger partial charge < -0.3 is 19.3 Å². The molecule has 0 saturated carbocycles. The van der Waals surface area contributed by atoms with Crippen LogP contribution in [-0.2, 0) is 20.6 Å². The van der Waals surface area contributed by atoms with Gasteiger partial charge in [-0.1, -0.05) is 51.1 Å². The lowest BCUT2D eigenvalue weighted by Gasteiger charge is -2.37. The highest BCUT2D eigenvalue weighted by Crippen LogP contribution is 2.37. The fraction of sp³-hybridized carbons (Fsp3) is 0.529. The van der Waals surface area contributed by atoms with Gasteiger partial charge in [0.1, 0.15) is 19.0 Å². The number of carbonyl (C=O) groups is 2. The molecule has 1 aromatic rings. The van der Waals surface area contributed by atoms with Crippen molar-refractivity contribution >= 4 is 20.7 Å². The second kappa shape index (κ2) is 8.26. The van der Waals surface area contributed by atoms with Crippen molar-refractivity contribution < 1.29 is 18.8 Å². The molecule has 0 heterocycles. The largest absolute Gasteiger partial charge is 0.445 e. The molecule has 1 aromatic carbocycles. The molecule has 0 aromatic heterocycles. The lowest BCUT2D eigenvalue weighted by atomic mass is 10.2. The molecule has 0 fully saturated rings. The number of ether oxygens (including phenoxy) is 1. The standard InChI is InChI=1S/C17H27NO4Si/c1-17(2,3)23(4,5)22-15(12-19)11-18-16(20)21-13-14-9-7-6-8-10-14/h6-10,12,15H,11,13H2,1-5H3,(H,18,20). The van der Waals surface area contributed by atoms with Gasteiger partial charge in [0, 0.05) is 0 Å². The lowest BCUT2D eigenvalue weighted by Crippen LogP contribution is -2.47. The molecule has 6 heteroatoms. The van der Waals surface area contributed by atoms with Crippen molar-refractivity contribution in [3.05, 3.63) is 35.9 Å². The second-order valence-electron chi connectivity index (χ2n) is 7.00. The number of rotatable bonds is 7. The SMILES string of the molecule is CC(C)(C)[Si](C)(C)OC(C=O)CNC(=O)OCc1ccccc1. The molecule has 0 aliphatic carbocycles. The van der Waals surface area contributed by atoms with E-state index in [9.17, 15) is 9.59 Å². The van der Waals surface area contributed by atoms with Crippen LogP contribution >= 0.6 is 0 Å². The average Bonchev–Trinajstić information content (AvgIpc) is 2.49. The predicted octanol–water partition coefficient (Wildman–Crippen LogP) is 3.50. The van der Waals surface area contributed by atoms with Gasteiger partial charge in [-0.2, -0.15) is 0 Å². The van der Waals surface area contributed by atoms with Crippen molar-refractivity contribution in [1.82, 2.24) is 5.32 Å². The van der Waals surface area contributed by atoms with Crippen molar-refractivity contribution in [3.8, 4) is 0 Å². The zero-order valence-electron chi connectivity index (χ0n) is 14.6. The molecule has 1 atom stereocenters. The summed E-state index contributed by atoms with van der Waals surface area (Å²) in [6.07, 6.45) is -0.475. The zero-order chi connectivity index (χ0) is 17.5. The van der Waals surface area contributed by atoms with E-state index in [0.29, 0.717) is 0 Å². The molecule has 0 aliphatic heterocycles. The molecule has 0 aliphatic rings. The molecule has 5 nitrogen and oxygen atoms in total. The van der Waals surface area contributed by atoms with Crippen LogP contribution in [0.15, 0.2) is 30.3 Å². The molecule has 0 saturated heterocycles. The first-order valence-corrected chi connectivity index (χ1v) is 10.6. The van der Waals surface area contributed by atoms with Gasteiger partial charge in [0.05, 0.1) is 6.54 Å². The van der Waals surface area contributed by atoms with Crippen LogP contribution in [0.3, 0.4) is 0 Å². The first kappa shape index (κ1) is 19.4. The maximum atomic E-state index is 11.7. The number of aldehydes is 1. The molecular weight excluding hydrogens is 310 g/mol. The summed E-state index contributed by atoms with van der Waals surface area (Å²) < 4.78 is 11.1. The van der Waals surface area contributed by atoms with Crippen LogP contribution in [0.5, 0.6) is 0 Å². The third-order valence-electron chi connectivity index (χ3n) is 4.06. The quantitative estimate of drug-likeness (QED) is 0.611. The molecule has 1 unspecified atom stereocenters. The van der Waals surface area contributed by atoms with Crippen molar-refractivity contribution in [2.24, 2.45) is 0 Å². The van der Waals surface area contributed by atoms with Crippen molar-refractivity contribution in [2.75, 3.05) is 6.54 Å². The van der Waals surface area contributed by atoms with Gasteiger partial charge in [0.25, 0.3) is 0 Å². The molecule has 0 spiro atoms. The number of carbonyl (C=O) groups excluding carboxylic acids is 2. The molecule has 1 N–H and O–H groups in total. The minimum Gasteiger partial charge on any atom is -0.445 e. The van der Waals surface area contributed by atoms with E-state index in [-0.39, 0.29) is 18.2 Å². The minimum atomic E-state index is -2.06. The number of hydrogen-bond acceptors (Lipinski definition) is 4. The van der Waals surface area contributed by atoms with Gasteiger partial charge in [-0.3, -0.25) is 0 Å². The minimum absolute atomic E-state index is 0.00206. The smallest absolute Gasteiger partial charge is 0.407 e. The Hall–Kier alpha value is -1.66. The number of alkyl carbamates (subject to hydrolysis) is 1. The fourth-order valence-corrected chi connectivity index (χ4v) is 2.88. The highest BCUT2D eigenvalue weighted by atomic mass is 28.4. The van der Waals surface area contributed by atoms with Gasteiger partial charge in [0.2, 0.25) is 0 Å². The van der Waals surface area contributed by atoms with Crippen LogP contribution in [0.2, 0.25) is 18.1 Å². The maximum absolute atomic E-state index is 11.7. The van der Waals surface area contributed by atoms with E-state index < -0.39 is 20.5 Å². The third kappa shape index (κ3) is 6.54. The summed E-state index contributed by atoms with van der Waals surface area (Å²) in [6.45, 7) is 10.7. The zero-order valence-corrected chi connectivity index (χ0v) is 15.6. The maximum Gasteiger partial charge on any atom is 0.407 e. The van der Waals surface area contributed by atoms with E-state index in [1.807, 2.05) is 30.3 Å². The molecular formula is C17H27NO4Si. The summed E-state index contributed by atoms with van der Waals surface area (Å²) in [7, 11) is -2.06. The van der Waals surface area contributed by atoms with Gasteiger partial charge in [-0.05, 0) is 23.7 Å². The van der Waals surface area contributed by atoms with Gasteiger partial charge in [0.15, 0.2) is 8.32 Å². The Morgan fingerprint density at radius 1 is 1.26 bits per heavy atom. The Labute approximate surface area is 139 Å². The Kier molecular flexibility index (Phi) is 6.96. The molecule has 128 valence electrons. The summed E-state index contributed by atoms with van der Waals surface area (Å²) in [6, 6.07) is 9.42. The molecule has 1 rings (SSSR count). The summed E-state index contributed by atoms with van der Waals surface area (Å²) >= 11 is 0. The topological polar surface area (TPSA) is 64.6 Å². The average molecular weight is 337 g/mol. The van der Waals surface area contributed by atoms with Crippen molar-refractivity contribution in [1.29, 1.82) is 0 Å². The van der Waals surface area contributed by atoms with Gasteiger partial charge >= 0.3 is 6.09 Å². The first-order chi connectivity index (χ1) is 10.7. The van der Waals surface area contributed by atoms with Crippen LogP contribution in [-0.4, -0.2) is 33.3 Å². The van der Waals surface area contributed by atoms with Gasteiger partial charge in [-0.25, -0.2) is 4.79 Å². The fourth-order valence-electron chi connectivity index (χ4n) is 1.63. The van der Waals surface area contributed by atoms with E-state index in [0.717, 1.165) is 11.8 Å². The highest BCUT2D eigenvalue weighted by Gasteiger charge is 2.39. The number of benzene rings is 1. The summed E-state index contributed by atoms with van der Waals surface area (Å²) in [5.74, 6) is 0. The Balaban J connectivity index is 2.42. The van der Waals surface area contributed by atoms with Crippen molar-refractivity contribution in [2.45, 2.75) is 51.6 Å². The number of nitrogens with one attached hydrogen (secondary N) is 1. The predicted molar refractivity (Wildman–Crippen MR) is 92.8 cm³/mol. The normalized spacial score (nSPS) is 13.3. The van der Waals surface area contributed by atoms with Crippen LogP contribution < -0.4 is 5.32 Å². The molecule has 0 radical (unpaired) electrons. The summed E-state index contributed by atoms with van der Waals surface area (Å²) in [5.41, 5.74) is 0.909. The second-order valence-corrected chi connectivity index (χ2v) is 11.8. The van der Waals surface area contributed by atoms with Crippen molar-refractivity contribution in [3.63, 3.8) is 0 Å². The van der Waals surface area contributed by atoms with Crippen LogP contribution in [0.4, 0.5) is 4.79 Å². The summed E-state index contributed by atoms with van der Waals surface area (Å²) in [4.78, 5) is 22.9. The van der Waals surface area contributed by atoms with E-state index in [1.54, 1.807) is 0 Å². The van der Waals surface area contributed by atoms with Crippen LogP contribution in [0.25, 0.3) is 0 Å². The Morgan fingerprint density at radius 2 is 1.87 bits per heavy atom. The van der Waals surface area contributed by atoms with E-state index in [1.165, 1.54) is 0 Å². The lowest BCUT2D eigenvalue weighted by molar-refractivity contribution is -0.113. The molecule has 0 bridgehead atoms. The molecule has 23 heavy (non-hydrogen) atoms. The Bertz CT molecular complexity index is 511. The van der Waals surface area contributed by atoms with E-state index >= 15 is 0 Å². The Morgan fingerprint density at radius 3 is 2.39 bits per heavy atom. The van der Waals surface area contributed by atoms with E-state index in [2.05, 4.69) is 39.2 Å². The van der Waals surface area contributed by atoms with Gasteiger partial charge in [-0.15, -0.1) is 0 Å². The first-order valence-electron chi connectivity index (χ1n) is 7.73. The van der Waals surface area contributed by atoms with Crippen LogP contribution in [0.1, 0.15) is 26.3 Å². The number of amides is 1. The van der Waals surface area contributed by atoms with E-state index in [4.69, 9.17) is 9.16 Å². The number of hydrogen-bond donors (Lipinski definition) is 1. The highest BCUT2D eigenvalue weighted by molar-refractivity contribution is 6.74. The third-order valence-corrected chi connectivity index (χ3v) is 8.57. The van der Waals surface area contributed by atoms with Crippen LogP contribution in [0, 0.1) is 0 Å². The molecule has 1 amide bonds. The monoisotopic (exact) mass is 337 g/mol.